The third-order valence-corrected chi connectivity index (χ3v) is 3.95. The first kappa shape index (κ1) is 15.1. The van der Waals surface area contributed by atoms with Crippen molar-refractivity contribution >= 4 is 18.3 Å². The number of hydrogen-bond donors (Lipinski definition) is 3. The number of nitrogens with zero attached hydrogens (tertiary/aromatic N) is 1. The summed E-state index contributed by atoms with van der Waals surface area (Å²) in [7, 11) is 0. The van der Waals surface area contributed by atoms with Gasteiger partial charge in [0.15, 0.2) is 5.69 Å². The van der Waals surface area contributed by atoms with Gasteiger partial charge in [-0.3, -0.25) is 9.89 Å². The molecule has 0 radical (unpaired) electrons. The van der Waals surface area contributed by atoms with E-state index in [9.17, 15) is 4.79 Å². The molecule has 1 aromatic heterocycles. The van der Waals surface area contributed by atoms with Crippen molar-refractivity contribution in [2.75, 3.05) is 13.1 Å². The van der Waals surface area contributed by atoms with Gasteiger partial charge in [0.2, 0.25) is 0 Å². The largest absolute Gasteiger partial charge is 0.350 e. The molecule has 1 atom stereocenters. The first-order chi connectivity index (χ1) is 9.34. The number of carbonyl (C=O) groups excluding carboxylic acids is 1. The zero-order valence-electron chi connectivity index (χ0n) is 11.4. The van der Waals surface area contributed by atoms with Crippen molar-refractivity contribution in [3.05, 3.63) is 29.1 Å². The molecular weight excluding hydrogens is 276 g/mol. The van der Waals surface area contributed by atoms with Crippen LogP contribution >= 0.6 is 12.4 Å². The Balaban J connectivity index is 0.00000147. The second kappa shape index (κ2) is 6.90. The molecule has 3 N–H and O–H groups in total. The van der Waals surface area contributed by atoms with E-state index in [1.54, 1.807) is 0 Å². The van der Waals surface area contributed by atoms with Crippen LogP contribution in [0.1, 0.15) is 41.0 Å². The first-order valence-electron chi connectivity index (χ1n) is 7.04. The van der Waals surface area contributed by atoms with Gasteiger partial charge in [-0.15, -0.1) is 12.4 Å². The minimum Gasteiger partial charge on any atom is -0.350 e. The molecule has 110 valence electrons. The summed E-state index contributed by atoms with van der Waals surface area (Å²) in [6.07, 6.45) is 8.71. The third-order valence-electron chi connectivity index (χ3n) is 3.95. The number of nitrogens with one attached hydrogen (secondary N) is 3. The van der Waals surface area contributed by atoms with Crippen LogP contribution in [0.3, 0.4) is 0 Å². The summed E-state index contributed by atoms with van der Waals surface area (Å²) >= 11 is 0. The first-order valence-corrected chi connectivity index (χ1v) is 7.04. The molecule has 3 rings (SSSR count). The van der Waals surface area contributed by atoms with Gasteiger partial charge in [0.05, 0.1) is 0 Å². The number of fused-ring (bicyclic) bond motifs is 1. The summed E-state index contributed by atoms with van der Waals surface area (Å²) in [6, 6.07) is 0. The zero-order chi connectivity index (χ0) is 13.1. The molecule has 1 aliphatic carbocycles. The van der Waals surface area contributed by atoms with E-state index in [0.29, 0.717) is 11.6 Å². The standard InChI is InChI=1S/C14H20N4O.ClH/c19-14(16-8-10-4-2-1-3-5-10)13-11-9-15-7-6-12(11)17-18-13;/h1-2,10,15H,3-9H2,(H,16,19)(H,17,18);1H. The van der Waals surface area contributed by atoms with Gasteiger partial charge in [0.25, 0.3) is 5.91 Å². The summed E-state index contributed by atoms with van der Waals surface area (Å²) in [5, 5.41) is 13.5. The Labute approximate surface area is 125 Å². The van der Waals surface area contributed by atoms with E-state index < -0.39 is 0 Å². The average Bonchev–Trinajstić information content (AvgIpc) is 2.90. The molecule has 0 saturated carbocycles. The SMILES string of the molecule is Cl.O=C(NCC1CC=CCC1)c1n[nH]c2c1CNCC2. The van der Waals surface area contributed by atoms with Crippen molar-refractivity contribution in [3.8, 4) is 0 Å². The van der Waals surface area contributed by atoms with Crippen LogP contribution < -0.4 is 10.6 Å². The summed E-state index contributed by atoms with van der Waals surface area (Å²) in [5.41, 5.74) is 2.70. The van der Waals surface area contributed by atoms with E-state index in [-0.39, 0.29) is 18.3 Å². The van der Waals surface area contributed by atoms with Crippen molar-refractivity contribution in [1.29, 1.82) is 0 Å². The normalized spacial score (nSPS) is 20.9. The number of halogens is 1. The summed E-state index contributed by atoms with van der Waals surface area (Å²) < 4.78 is 0. The van der Waals surface area contributed by atoms with Gasteiger partial charge in [-0.2, -0.15) is 5.10 Å². The van der Waals surface area contributed by atoms with Crippen molar-refractivity contribution in [3.63, 3.8) is 0 Å². The second-order valence-corrected chi connectivity index (χ2v) is 5.32. The Morgan fingerprint density at radius 2 is 2.35 bits per heavy atom. The van der Waals surface area contributed by atoms with Crippen LogP contribution in [-0.2, 0) is 13.0 Å². The molecule has 0 aromatic carbocycles. The minimum absolute atomic E-state index is 0. The van der Waals surface area contributed by atoms with Crippen molar-refractivity contribution in [2.24, 2.45) is 5.92 Å². The van der Waals surface area contributed by atoms with Gasteiger partial charge >= 0.3 is 0 Å². The van der Waals surface area contributed by atoms with Gasteiger partial charge in [0, 0.05) is 37.3 Å². The fraction of sp³-hybridized carbons (Fsp3) is 0.571. The van der Waals surface area contributed by atoms with E-state index in [1.807, 2.05) is 0 Å². The van der Waals surface area contributed by atoms with Crippen molar-refractivity contribution in [2.45, 2.75) is 32.2 Å². The maximum absolute atomic E-state index is 12.2. The molecular formula is C14H21ClN4O. The lowest BCUT2D eigenvalue weighted by Crippen LogP contribution is -2.32. The van der Waals surface area contributed by atoms with E-state index >= 15 is 0 Å². The second-order valence-electron chi connectivity index (χ2n) is 5.32. The smallest absolute Gasteiger partial charge is 0.272 e. The highest BCUT2D eigenvalue weighted by Gasteiger charge is 2.22. The van der Waals surface area contributed by atoms with Crippen LogP contribution in [-0.4, -0.2) is 29.2 Å². The van der Waals surface area contributed by atoms with Crippen LogP contribution in [0, 0.1) is 5.92 Å². The molecule has 6 heteroatoms. The quantitative estimate of drug-likeness (QED) is 0.742. The number of carbonyl (C=O) groups is 1. The predicted octanol–water partition coefficient (Wildman–Crippen LogP) is 1.56. The summed E-state index contributed by atoms with van der Waals surface area (Å²) in [4.78, 5) is 12.2. The molecule has 0 bridgehead atoms. The number of amides is 1. The van der Waals surface area contributed by atoms with E-state index in [0.717, 1.165) is 56.6 Å². The number of aromatic amines is 1. The van der Waals surface area contributed by atoms with Gasteiger partial charge in [0.1, 0.15) is 0 Å². The van der Waals surface area contributed by atoms with E-state index in [1.165, 1.54) is 0 Å². The molecule has 1 aliphatic heterocycles. The van der Waals surface area contributed by atoms with Gasteiger partial charge in [-0.25, -0.2) is 0 Å². The Morgan fingerprint density at radius 1 is 1.45 bits per heavy atom. The Bertz CT molecular complexity index is 497. The molecule has 0 saturated heterocycles. The topological polar surface area (TPSA) is 69.8 Å². The highest BCUT2D eigenvalue weighted by Crippen LogP contribution is 2.18. The van der Waals surface area contributed by atoms with Crippen LogP contribution in [0.15, 0.2) is 12.2 Å². The van der Waals surface area contributed by atoms with E-state index in [4.69, 9.17) is 0 Å². The Hall–Kier alpha value is -1.33. The Kier molecular flexibility index (Phi) is 5.20. The van der Waals surface area contributed by atoms with Crippen LogP contribution in [0.25, 0.3) is 0 Å². The van der Waals surface area contributed by atoms with Gasteiger partial charge < -0.3 is 10.6 Å². The number of allylic oxidation sites excluding steroid dienone is 2. The lowest BCUT2D eigenvalue weighted by molar-refractivity contribution is 0.0940. The summed E-state index contributed by atoms with van der Waals surface area (Å²) in [6.45, 7) is 2.43. The third kappa shape index (κ3) is 3.22. The summed E-state index contributed by atoms with van der Waals surface area (Å²) in [5.74, 6) is 0.526. The molecule has 1 unspecified atom stereocenters. The monoisotopic (exact) mass is 296 g/mol. The number of H-pyrrole nitrogens is 1. The van der Waals surface area contributed by atoms with Gasteiger partial charge in [-0.1, -0.05) is 12.2 Å². The number of hydrogen-bond acceptors (Lipinski definition) is 3. The van der Waals surface area contributed by atoms with Gasteiger partial charge in [-0.05, 0) is 25.2 Å². The number of rotatable bonds is 3. The minimum atomic E-state index is -0.0456. The molecule has 1 aromatic rings. The maximum Gasteiger partial charge on any atom is 0.272 e. The molecule has 1 amide bonds. The Morgan fingerprint density at radius 3 is 3.15 bits per heavy atom. The average molecular weight is 297 g/mol. The molecule has 2 aliphatic rings. The fourth-order valence-corrected chi connectivity index (χ4v) is 2.78. The van der Waals surface area contributed by atoms with Crippen molar-refractivity contribution in [1.82, 2.24) is 20.8 Å². The molecule has 20 heavy (non-hydrogen) atoms. The maximum atomic E-state index is 12.2. The zero-order valence-corrected chi connectivity index (χ0v) is 12.3. The van der Waals surface area contributed by atoms with Crippen LogP contribution in [0.4, 0.5) is 0 Å². The molecule has 0 fully saturated rings. The molecule has 2 heterocycles. The molecule has 5 nitrogen and oxygen atoms in total. The number of aromatic nitrogens is 2. The predicted molar refractivity (Wildman–Crippen MR) is 80.1 cm³/mol. The highest BCUT2D eigenvalue weighted by molar-refractivity contribution is 5.94. The highest BCUT2D eigenvalue weighted by atomic mass is 35.5. The van der Waals surface area contributed by atoms with Crippen LogP contribution in [0.2, 0.25) is 0 Å². The van der Waals surface area contributed by atoms with E-state index in [2.05, 4.69) is 33.0 Å². The lowest BCUT2D eigenvalue weighted by atomic mass is 9.94. The fourth-order valence-electron chi connectivity index (χ4n) is 2.78. The van der Waals surface area contributed by atoms with Crippen LogP contribution in [0.5, 0.6) is 0 Å². The molecule has 0 spiro atoms. The lowest BCUT2D eigenvalue weighted by Gasteiger charge is -2.18. The van der Waals surface area contributed by atoms with Crippen molar-refractivity contribution < 1.29 is 4.79 Å².